The maximum absolute atomic E-state index is 5.78. The average molecular weight is 339 g/mol. The molecule has 0 saturated heterocycles. The quantitative estimate of drug-likeness (QED) is 0.628. The third-order valence-corrected chi connectivity index (χ3v) is 4.89. The van der Waals surface area contributed by atoms with Gasteiger partial charge in [0.05, 0.1) is 0 Å². The minimum Gasteiger partial charge on any atom is -0.486 e. The molecule has 124 valence electrons. The molecule has 0 bridgehead atoms. The molecule has 0 amide bonds. The van der Waals surface area contributed by atoms with E-state index in [-0.39, 0.29) is 0 Å². The van der Waals surface area contributed by atoms with Crippen LogP contribution in [0.25, 0.3) is 0 Å². The summed E-state index contributed by atoms with van der Waals surface area (Å²) in [6.07, 6.45) is 0. The van der Waals surface area contributed by atoms with Gasteiger partial charge in [-0.2, -0.15) is 0 Å². The van der Waals surface area contributed by atoms with Crippen LogP contribution in [0.2, 0.25) is 0 Å². The SMILES string of the molecule is Cc1ccc(CSc2nnc(COc3ccc(C)cc3)n2C)cc1. The van der Waals surface area contributed by atoms with Gasteiger partial charge in [0.25, 0.3) is 0 Å². The summed E-state index contributed by atoms with van der Waals surface area (Å²) in [5, 5.41) is 9.41. The van der Waals surface area contributed by atoms with Crippen molar-refractivity contribution >= 4 is 11.8 Å². The highest BCUT2D eigenvalue weighted by molar-refractivity contribution is 7.98. The van der Waals surface area contributed by atoms with E-state index in [0.717, 1.165) is 22.5 Å². The number of aryl methyl sites for hydroxylation is 2. The molecule has 0 N–H and O–H groups in total. The molecule has 0 unspecified atom stereocenters. The van der Waals surface area contributed by atoms with Crippen LogP contribution in [-0.4, -0.2) is 14.8 Å². The minimum absolute atomic E-state index is 0.414. The summed E-state index contributed by atoms with van der Waals surface area (Å²) in [6.45, 7) is 4.57. The number of thioether (sulfide) groups is 1. The number of hydrogen-bond donors (Lipinski definition) is 0. The van der Waals surface area contributed by atoms with Crippen LogP contribution in [0.5, 0.6) is 5.75 Å². The van der Waals surface area contributed by atoms with Crippen LogP contribution >= 0.6 is 11.8 Å². The van der Waals surface area contributed by atoms with E-state index in [2.05, 4.69) is 48.3 Å². The highest BCUT2D eigenvalue weighted by Crippen LogP contribution is 2.22. The van der Waals surface area contributed by atoms with Crippen LogP contribution in [0.4, 0.5) is 0 Å². The van der Waals surface area contributed by atoms with E-state index in [1.807, 2.05) is 35.9 Å². The van der Waals surface area contributed by atoms with Crippen molar-refractivity contribution in [2.24, 2.45) is 7.05 Å². The zero-order valence-electron chi connectivity index (χ0n) is 14.2. The zero-order chi connectivity index (χ0) is 16.9. The van der Waals surface area contributed by atoms with E-state index in [1.54, 1.807) is 11.8 Å². The minimum atomic E-state index is 0.414. The summed E-state index contributed by atoms with van der Waals surface area (Å²) in [7, 11) is 1.98. The molecule has 3 rings (SSSR count). The van der Waals surface area contributed by atoms with Crippen molar-refractivity contribution in [2.75, 3.05) is 0 Å². The van der Waals surface area contributed by atoms with E-state index >= 15 is 0 Å². The van der Waals surface area contributed by atoms with Gasteiger partial charge in [-0.3, -0.25) is 0 Å². The second-order valence-corrected chi connectivity index (χ2v) is 6.78. The Morgan fingerprint density at radius 3 is 2.21 bits per heavy atom. The van der Waals surface area contributed by atoms with Crippen molar-refractivity contribution in [3.8, 4) is 5.75 Å². The Morgan fingerprint density at radius 2 is 1.54 bits per heavy atom. The molecule has 1 heterocycles. The van der Waals surface area contributed by atoms with E-state index in [0.29, 0.717) is 6.61 Å². The van der Waals surface area contributed by atoms with Crippen LogP contribution in [0.15, 0.2) is 53.7 Å². The smallest absolute Gasteiger partial charge is 0.191 e. The molecule has 0 aliphatic rings. The van der Waals surface area contributed by atoms with Gasteiger partial charge in [0.15, 0.2) is 11.0 Å². The maximum Gasteiger partial charge on any atom is 0.191 e. The lowest BCUT2D eigenvalue weighted by molar-refractivity contribution is 0.290. The van der Waals surface area contributed by atoms with E-state index in [9.17, 15) is 0 Å². The standard InChI is InChI=1S/C19H21N3OS/c1-14-4-8-16(9-5-14)13-24-19-21-20-18(22(19)3)12-23-17-10-6-15(2)7-11-17/h4-11H,12-13H2,1-3H3. The Morgan fingerprint density at radius 1 is 0.917 bits per heavy atom. The van der Waals surface area contributed by atoms with E-state index < -0.39 is 0 Å². The molecule has 2 aromatic carbocycles. The zero-order valence-corrected chi connectivity index (χ0v) is 15.0. The summed E-state index contributed by atoms with van der Waals surface area (Å²) >= 11 is 1.68. The highest BCUT2D eigenvalue weighted by atomic mass is 32.2. The molecule has 0 aliphatic heterocycles. The Balaban J connectivity index is 1.58. The first kappa shape index (κ1) is 16.6. The van der Waals surface area contributed by atoms with Crippen molar-refractivity contribution in [1.29, 1.82) is 0 Å². The van der Waals surface area contributed by atoms with Gasteiger partial charge in [0.1, 0.15) is 12.4 Å². The monoisotopic (exact) mass is 339 g/mol. The number of ether oxygens (including phenoxy) is 1. The fraction of sp³-hybridized carbons (Fsp3) is 0.263. The molecule has 0 radical (unpaired) electrons. The predicted octanol–water partition coefficient (Wildman–Crippen LogP) is 4.30. The number of hydrogen-bond acceptors (Lipinski definition) is 4. The van der Waals surface area contributed by atoms with Gasteiger partial charge in [-0.15, -0.1) is 10.2 Å². The summed E-state index contributed by atoms with van der Waals surface area (Å²) in [4.78, 5) is 0. The highest BCUT2D eigenvalue weighted by Gasteiger charge is 2.10. The summed E-state index contributed by atoms with van der Waals surface area (Å²) in [5.41, 5.74) is 3.78. The van der Waals surface area contributed by atoms with Crippen molar-refractivity contribution in [3.63, 3.8) is 0 Å². The van der Waals surface area contributed by atoms with Gasteiger partial charge in [0, 0.05) is 12.8 Å². The topological polar surface area (TPSA) is 39.9 Å². The maximum atomic E-state index is 5.78. The van der Waals surface area contributed by atoms with Gasteiger partial charge >= 0.3 is 0 Å². The summed E-state index contributed by atoms with van der Waals surface area (Å²) in [6, 6.07) is 16.6. The fourth-order valence-electron chi connectivity index (χ4n) is 2.21. The molecule has 0 aliphatic carbocycles. The molecule has 0 fully saturated rings. The Kier molecular flexibility index (Phi) is 5.20. The second-order valence-electron chi connectivity index (χ2n) is 5.83. The van der Waals surface area contributed by atoms with Gasteiger partial charge in [0.2, 0.25) is 0 Å². The number of nitrogens with zero attached hydrogens (tertiary/aromatic N) is 3. The molecule has 4 nitrogen and oxygen atoms in total. The van der Waals surface area contributed by atoms with Crippen LogP contribution < -0.4 is 4.74 Å². The lowest BCUT2D eigenvalue weighted by atomic mass is 10.2. The van der Waals surface area contributed by atoms with Gasteiger partial charge in [-0.25, -0.2) is 0 Å². The Hall–Kier alpha value is -2.27. The van der Waals surface area contributed by atoms with Crippen molar-refractivity contribution < 1.29 is 4.74 Å². The third-order valence-electron chi connectivity index (χ3n) is 3.80. The number of rotatable bonds is 6. The molecule has 0 spiro atoms. The summed E-state index contributed by atoms with van der Waals surface area (Å²) in [5.74, 6) is 2.55. The molecule has 3 aromatic rings. The molecule has 1 aromatic heterocycles. The fourth-order valence-corrected chi connectivity index (χ4v) is 3.10. The van der Waals surface area contributed by atoms with Crippen LogP contribution in [-0.2, 0) is 19.4 Å². The molecule has 24 heavy (non-hydrogen) atoms. The predicted molar refractivity (Wildman–Crippen MR) is 97.3 cm³/mol. The van der Waals surface area contributed by atoms with E-state index in [4.69, 9.17) is 4.74 Å². The average Bonchev–Trinajstić information content (AvgIpc) is 2.94. The second kappa shape index (κ2) is 7.53. The molecular formula is C19H21N3OS. The first-order valence-corrected chi connectivity index (χ1v) is 8.86. The lowest BCUT2D eigenvalue weighted by Gasteiger charge is -2.07. The molecular weight excluding hydrogens is 318 g/mol. The molecule has 0 atom stereocenters. The first-order chi connectivity index (χ1) is 11.6. The molecule has 0 saturated carbocycles. The van der Waals surface area contributed by atoms with E-state index in [1.165, 1.54) is 16.7 Å². The number of benzene rings is 2. The Bertz CT molecular complexity index is 727. The largest absolute Gasteiger partial charge is 0.486 e. The Labute approximate surface area is 146 Å². The summed E-state index contributed by atoms with van der Waals surface area (Å²) < 4.78 is 7.78. The van der Waals surface area contributed by atoms with Crippen molar-refractivity contribution in [3.05, 3.63) is 71.0 Å². The van der Waals surface area contributed by atoms with Gasteiger partial charge < -0.3 is 9.30 Å². The van der Waals surface area contributed by atoms with Crippen LogP contribution in [0, 0.1) is 13.8 Å². The van der Waals surface area contributed by atoms with Gasteiger partial charge in [-0.1, -0.05) is 59.3 Å². The van der Waals surface area contributed by atoms with Crippen LogP contribution in [0.3, 0.4) is 0 Å². The van der Waals surface area contributed by atoms with Crippen molar-refractivity contribution in [1.82, 2.24) is 14.8 Å². The number of aromatic nitrogens is 3. The third kappa shape index (κ3) is 4.17. The van der Waals surface area contributed by atoms with Crippen molar-refractivity contribution in [2.45, 2.75) is 31.4 Å². The normalized spacial score (nSPS) is 10.8. The molecule has 5 heteroatoms. The first-order valence-electron chi connectivity index (χ1n) is 7.88. The lowest BCUT2D eigenvalue weighted by Crippen LogP contribution is -2.04. The van der Waals surface area contributed by atoms with Crippen LogP contribution in [0.1, 0.15) is 22.5 Å². The van der Waals surface area contributed by atoms with Gasteiger partial charge in [-0.05, 0) is 31.5 Å².